The number of anilines is 1. The summed E-state index contributed by atoms with van der Waals surface area (Å²) >= 11 is 0. The smallest absolute Gasteiger partial charge is 0.419 e. The van der Waals surface area contributed by atoms with E-state index in [0.717, 1.165) is 18.2 Å². The molecule has 214 valence electrons. The molecule has 1 aromatic heterocycles. The lowest BCUT2D eigenvalue weighted by molar-refractivity contribution is -0.180. The summed E-state index contributed by atoms with van der Waals surface area (Å²) in [7, 11) is 0.809. The zero-order chi connectivity index (χ0) is 29.9. The second kappa shape index (κ2) is 11.9. The number of furan rings is 1. The van der Waals surface area contributed by atoms with E-state index in [9.17, 15) is 27.6 Å². The topological polar surface area (TPSA) is 97.6 Å². The summed E-state index contributed by atoms with van der Waals surface area (Å²) in [4.78, 5) is 37.6. The molecule has 0 radical (unpaired) electrons. The molecule has 1 unspecified atom stereocenters. The molecule has 0 spiro atoms. The molecule has 0 saturated heterocycles. The first-order valence-electron chi connectivity index (χ1n) is 13.0. The predicted octanol–water partition coefficient (Wildman–Crippen LogP) is 6.93. The normalized spacial score (nSPS) is 12.2. The zero-order valence-corrected chi connectivity index (χ0v) is 22.9. The number of methoxy groups -OCH3 is 1. The highest BCUT2D eigenvalue weighted by molar-refractivity contribution is 6.13. The lowest BCUT2D eigenvalue weighted by Gasteiger charge is -2.19. The van der Waals surface area contributed by atoms with Crippen molar-refractivity contribution in [2.75, 3.05) is 19.0 Å². The summed E-state index contributed by atoms with van der Waals surface area (Å²) in [5.41, 5.74) is 4.37. The molecule has 0 fully saturated rings. The summed E-state index contributed by atoms with van der Waals surface area (Å²) in [6.45, 7) is 6.16. The number of fused-ring (bicyclic) bond motifs is 1. The summed E-state index contributed by atoms with van der Waals surface area (Å²) in [6.07, 6.45) is -4.80. The van der Waals surface area contributed by atoms with Crippen molar-refractivity contribution in [3.8, 4) is 22.5 Å². The van der Waals surface area contributed by atoms with Gasteiger partial charge in [-0.1, -0.05) is 48.9 Å². The number of hydrogen-bond donors (Lipinski definition) is 2. The molecule has 0 aliphatic rings. The van der Waals surface area contributed by atoms with Crippen molar-refractivity contribution in [2.24, 2.45) is 0 Å². The second-order valence-corrected chi connectivity index (χ2v) is 9.43. The van der Waals surface area contributed by atoms with Crippen LogP contribution in [0.5, 0.6) is 0 Å². The Labute approximate surface area is 234 Å². The Balaban J connectivity index is 1.84. The fourth-order valence-corrected chi connectivity index (χ4v) is 4.51. The fourth-order valence-electron chi connectivity index (χ4n) is 4.51. The Morgan fingerprint density at radius 1 is 0.976 bits per heavy atom. The van der Waals surface area contributed by atoms with E-state index >= 15 is 0 Å². The highest BCUT2D eigenvalue weighted by Crippen LogP contribution is 2.40. The van der Waals surface area contributed by atoms with Gasteiger partial charge in [0.1, 0.15) is 11.3 Å². The molecule has 1 heterocycles. The minimum Gasteiger partial charge on any atom is -0.467 e. The van der Waals surface area contributed by atoms with Crippen LogP contribution >= 0.6 is 0 Å². The number of ether oxygens (including phenoxy) is 1. The van der Waals surface area contributed by atoms with Gasteiger partial charge in [-0.15, -0.1) is 0 Å². The molecule has 1 amide bonds. The quantitative estimate of drug-likeness (QED) is 0.168. The molecule has 4 aromatic rings. The monoisotopic (exact) mass is 566 g/mol. The van der Waals surface area contributed by atoms with E-state index in [0.29, 0.717) is 45.7 Å². The molecule has 1 atom stereocenters. The standard InChI is InChI=1S/C31H29F3N2O5/c1-5-24(37)26-22-15-21(23(35-6-2)16-25(22)41-27(26)18-12-10-17(3)11-13-18)19-8-7-9-20(14-19)29(38)36-28(30(39)40-4)31(32,33)34/h7-16,28,35H,5-6H2,1-4H3,(H,36,38). The average molecular weight is 567 g/mol. The van der Waals surface area contributed by atoms with Crippen molar-refractivity contribution >= 4 is 34.3 Å². The van der Waals surface area contributed by atoms with Crippen molar-refractivity contribution in [1.29, 1.82) is 0 Å². The van der Waals surface area contributed by atoms with Crippen LogP contribution in [0.3, 0.4) is 0 Å². The van der Waals surface area contributed by atoms with E-state index in [1.807, 2.05) is 38.1 Å². The number of benzene rings is 3. The molecule has 4 rings (SSSR count). The molecular weight excluding hydrogens is 537 g/mol. The molecule has 7 nitrogen and oxygen atoms in total. The highest BCUT2D eigenvalue weighted by atomic mass is 19.4. The summed E-state index contributed by atoms with van der Waals surface area (Å²) in [5.74, 6) is -2.40. The summed E-state index contributed by atoms with van der Waals surface area (Å²) in [5, 5.41) is 5.54. The van der Waals surface area contributed by atoms with Gasteiger partial charge in [0.2, 0.25) is 6.04 Å². The van der Waals surface area contributed by atoms with Crippen LogP contribution in [-0.2, 0) is 9.53 Å². The van der Waals surface area contributed by atoms with E-state index in [1.165, 1.54) is 18.2 Å². The SMILES string of the molecule is CCNc1cc2oc(-c3ccc(C)cc3)c(C(=O)CC)c2cc1-c1cccc(C(=O)NC(C(=O)OC)C(F)(F)F)c1. The van der Waals surface area contributed by atoms with Crippen molar-refractivity contribution in [3.63, 3.8) is 0 Å². The number of nitrogens with one attached hydrogen (secondary N) is 2. The maximum Gasteiger partial charge on any atom is 0.419 e. The Morgan fingerprint density at radius 3 is 2.29 bits per heavy atom. The van der Waals surface area contributed by atoms with Crippen molar-refractivity contribution < 1.29 is 36.7 Å². The first-order valence-corrected chi connectivity index (χ1v) is 13.0. The van der Waals surface area contributed by atoms with E-state index in [2.05, 4.69) is 10.1 Å². The highest BCUT2D eigenvalue weighted by Gasteiger charge is 2.47. The number of Topliss-reactive ketones (excluding diaryl/α,β-unsaturated/α-hetero) is 1. The number of amides is 1. The predicted molar refractivity (Wildman–Crippen MR) is 150 cm³/mol. The van der Waals surface area contributed by atoms with Gasteiger partial charge in [0.25, 0.3) is 5.91 Å². The summed E-state index contributed by atoms with van der Waals surface area (Å²) < 4.78 is 50.6. The number of carbonyl (C=O) groups is 3. The van der Waals surface area contributed by atoms with Crippen LogP contribution in [0.1, 0.15) is 46.5 Å². The van der Waals surface area contributed by atoms with E-state index < -0.39 is 24.1 Å². The first kappa shape index (κ1) is 29.4. The van der Waals surface area contributed by atoms with Crippen LogP contribution < -0.4 is 10.6 Å². The first-order chi connectivity index (χ1) is 19.5. The van der Waals surface area contributed by atoms with Crippen LogP contribution in [-0.4, -0.2) is 43.5 Å². The molecular formula is C31H29F3N2O5. The van der Waals surface area contributed by atoms with Crippen molar-refractivity contribution in [3.05, 3.63) is 77.4 Å². The average Bonchev–Trinajstić information content (AvgIpc) is 3.32. The number of esters is 1. The van der Waals surface area contributed by atoms with E-state index in [-0.39, 0.29) is 17.8 Å². The van der Waals surface area contributed by atoms with Crippen LogP contribution in [0.2, 0.25) is 0 Å². The van der Waals surface area contributed by atoms with Gasteiger partial charge in [0, 0.05) is 46.8 Å². The van der Waals surface area contributed by atoms with Gasteiger partial charge in [-0.05, 0) is 37.6 Å². The van der Waals surface area contributed by atoms with Gasteiger partial charge in [0.05, 0.1) is 12.7 Å². The number of ketones is 1. The van der Waals surface area contributed by atoms with Gasteiger partial charge >= 0.3 is 12.1 Å². The largest absolute Gasteiger partial charge is 0.467 e. The Hall–Kier alpha value is -4.60. The number of alkyl halides is 3. The molecule has 0 bridgehead atoms. The van der Waals surface area contributed by atoms with Crippen LogP contribution in [0.25, 0.3) is 33.4 Å². The number of halogens is 3. The van der Waals surface area contributed by atoms with Gasteiger partial charge < -0.3 is 19.8 Å². The lowest BCUT2D eigenvalue weighted by Crippen LogP contribution is -2.51. The maximum absolute atomic E-state index is 13.4. The van der Waals surface area contributed by atoms with Crippen molar-refractivity contribution in [1.82, 2.24) is 5.32 Å². The van der Waals surface area contributed by atoms with Crippen LogP contribution in [0.15, 0.2) is 65.1 Å². The number of aryl methyl sites for hydroxylation is 1. The lowest BCUT2D eigenvalue weighted by atomic mass is 9.95. The third kappa shape index (κ3) is 6.11. The molecule has 41 heavy (non-hydrogen) atoms. The fraction of sp³-hybridized carbons (Fsp3) is 0.258. The third-order valence-corrected chi connectivity index (χ3v) is 6.58. The Bertz CT molecular complexity index is 1610. The minimum atomic E-state index is -5.04. The zero-order valence-electron chi connectivity index (χ0n) is 22.9. The van der Waals surface area contributed by atoms with Crippen molar-refractivity contribution in [2.45, 2.75) is 39.4 Å². The molecule has 3 aromatic carbocycles. The Morgan fingerprint density at radius 2 is 1.68 bits per heavy atom. The number of carbonyl (C=O) groups excluding carboxylic acids is 3. The van der Waals surface area contributed by atoms with Crippen LogP contribution in [0, 0.1) is 6.92 Å². The van der Waals surface area contributed by atoms with Gasteiger partial charge in [-0.2, -0.15) is 13.2 Å². The van der Waals surface area contributed by atoms with E-state index in [4.69, 9.17) is 4.42 Å². The second-order valence-electron chi connectivity index (χ2n) is 9.43. The minimum absolute atomic E-state index is 0.0967. The Kier molecular flexibility index (Phi) is 8.51. The van der Waals surface area contributed by atoms with E-state index in [1.54, 1.807) is 30.4 Å². The van der Waals surface area contributed by atoms with Gasteiger partial charge in [0.15, 0.2) is 5.78 Å². The third-order valence-electron chi connectivity index (χ3n) is 6.58. The molecule has 0 aliphatic carbocycles. The summed E-state index contributed by atoms with van der Waals surface area (Å²) in [6, 6.07) is 14.3. The maximum atomic E-state index is 13.4. The molecule has 2 N–H and O–H groups in total. The van der Waals surface area contributed by atoms with Gasteiger partial charge in [-0.25, -0.2) is 4.79 Å². The van der Waals surface area contributed by atoms with Gasteiger partial charge in [-0.3, -0.25) is 9.59 Å². The molecule has 10 heteroatoms. The number of rotatable bonds is 9. The number of hydrogen-bond acceptors (Lipinski definition) is 6. The van der Waals surface area contributed by atoms with Crippen LogP contribution in [0.4, 0.5) is 18.9 Å². The molecule has 0 saturated carbocycles. The molecule has 0 aliphatic heterocycles.